The van der Waals surface area contributed by atoms with Crippen molar-refractivity contribution >= 4 is 28.7 Å². The molecule has 4 N–H and O–H groups in total. The number of H-pyrrole nitrogens is 1. The number of rotatable bonds is 5. The van der Waals surface area contributed by atoms with Gasteiger partial charge in [-0.15, -0.1) is 0 Å². The summed E-state index contributed by atoms with van der Waals surface area (Å²) in [6, 6.07) is 13.2. The first-order chi connectivity index (χ1) is 15.4. The number of aliphatic carboxylic acids is 1. The van der Waals surface area contributed by atoms with Crippen LogP contribution in [0.4, 0.5) is 0 Å². The molecule has 1 aromatic heterocycles. The number of amides is 2. The van der Waals surface area contributed by atoms with E-state index in [-0.39, 0.29) is 18.7 Å². The van der Waals surface area contributed by atoms with Gasteiger partial charge in [0.25, 0.3) is 0 Å². The van der Waals surface area contributed by atoms with E-state index in [1.165, 1.54) is 6.07 Å². The van der Waals surface area contributed by atoms with Crippen molar-refractivity contribution < 1.29 is 24.6 Å². The van der Waals surface area contributed by atoms with E-state index < -0.39 is 41.2 Å². The third-order valence-electron chi connectivity index (χ3n) is 6.86. The first-order valence-corrected chi connectivity index (χ1v) is 10.6. The van der Waals surface area contributed by atoms with Crippen LogP contribution in [0.2, 0.25) is 0 Å². The number of nitrogens with one attached hydrogen (secondary N) is 2. The van der Waals surface area contributed by atoms with E-state index in [1.54, 1.807) is 31.3 Å². The van der Waals surface area contributed by atoms with E-state index in [2.05, 4.69) is 10.3 Å². The SMILES string of the molecule is CCN1C(=O)[C@@H]2[C@@H](c3ccccc3O)N[C@@](Cc3c[nH]c4ccccc34)(C(=O)O)[C@@H]2C1=O. The molecule has 0 bridgehead atoms. The fourth-order valence-corrected chi connectivity index (χ4v) is 5.41. The summed E-state index contributed by atoms with van der Waals surface area (Å²) in [6.07, 6.45) is 1.76. The zero-order chi connectivity index (χ0) is 22.6. The molecule has 164 valence electrons. The summed E-state index contributed by atoms with van der Waals surface area (Å²) < 4.78 is 0. The number of aromatic nitrogens is 1. The van der Waals surface area contributed by atoms with Gasteiger partial charge in [0.05, 0.1) is 11.8 Å². The summed E-state index contributed by atoms with van der Waals surface area (Å²) in [5.74, 6) is -4.16. The zero-order valence-electron chi connectivity index (χ0n) is 17.4. The molecule has 8 heteroatoms. The number of carboxylic acids is 1. The van der Waals surface area contributed by atoms with Gasteiger partial charge in [-0.3, -0.25) is 24.6 Å². The van der Waals surface area contributed by atoms with Gasteiger partial charge in [-0.05, 0) is 24.6 Å². The van der Waals surface area contributed by atoms with Crippen LogP contribution in [0.15, 0.2) is 54.7 Å². The van der Waals surface area contributed by atoms with Crippen LogP contribution >= 0.6 is 0 Å². The molecule has 2 amide bonds. The van der Waals surface area contributed by atoms with Crippen molar-refractivity contribution in [2.45, 2.75) is 24.9 Å². The second-order valence-electron chi connectivity index (χ2n) is 8.42. The van der Waals surface area contributed by atoms with Crippen molar-refractivity contribution in [3.05, 3.63) is 65.9 Å². The average Bonchev–Trinajstić information content (AvgIpc) is 3.42. The van der Waals surface area contributed by atoms with Gasteiger partial charge in [-0.25, -0.2) is 0 Å². The average molecular weight is 433 g/mol. The minimum atomic E-state index is -1.71. The van der Waals surface area contributed by atoms with E-state index in [4.69, 9.17) is 0 Å². The van der Waals surface area contributed by atoms with E-state index in [0.717, 1.165) is 21.4 Å². The number of phenolic OH excluding ortho intramolecular Hbond substituents is 1. The summed E-state index contributed by atoms with van der Waals surface area (Å²) in [7, 11) is 0. The molecule has 2 aliphatic rings. The van der Waals surface area contributed by atoms with Gasteiger partial charge in [0.15, 0.2) is 0 Å². The highest BCUT2D eigenvalue weighted by Gasteiger charge is 2.68. The smallest absolute Gasteiger partial charge is 0.325 e. The summed E-state index contributed by atoms with van der Waals surface area (Å²) in [5.41, 5.74) is 0.295. The Morgan fingerprint density at radius 2 is 1.81 bits per heavy atom. The van der Waals surface area contributed by atoms with Crippen molar-refractivity contribution in [3.8, 4) is 5.75 Å². The van der Waals surface area contributed by atoms with E-state index in [9.17, 15) is 24.6 Å². The number of hydrogen-bond donors (Lipinski definition) is 4. The van der Waals surface area contributed by atoms with Crippen molar-refractivity contribution in [1.29, 1.82) is 0 Å². The monoisotopic (exact) mass is 433 g/mol. The number of carboxylic acid groups (broad SMARTS) is 1. The topological polar surface area (TPSA) is 123 Å². The lowest BCUT2D eigenvalue weighted by Gasteiger charge is -2.31. The third kappa shape index (κ3) is 2.69. The minimum absolute atomic E-state index is 0.00812. The van der Waals surface area contributed by atoms with Crippen LogP contribution in [0.5, 0.6) is 5.75 Å². The summed E-state index contributed by atoms with van der Waals surface area (Å²) in [6.45, 7) is 1.86. The fourth-order valence-electron chi connectivity index (χ4n) is 5.41. The maximum absolute atomic E-state index is 13.3. The molecule has 2 saturated heterocycles. The zero-order valence-corrected chi connectivity index (χ0v) is 17.4. The van der Waals surface area contributed by atoms with Gasteiger partial charge in [-0.1, -0.05) is 36.4 Å². The number of para-hydroxylation sites is 2. The van der Waals surface area contributed by atoms with Crippen molar-refractivity contribution in [2.75, 3.05) is 6.54 Å². The second kappa shape index (κ2) is 7.20. The van der Waals surface area contributed by atoms with Crippen LogP contribution in [-0.4, -0.2) is 50.0 Å². The molecule has 0 radical (unpaired) electrons. The van der Waals surface area contributed by atoms with Gasteiger partial charge < -0.3 is 15.2 Å². The Labute approximate surface area is 183 Å². The molecule has 5 rings (SSSR count). The van der Waals surface area contributed by atoms with Gasteiger partial charge in [0, 0.05) is 41.7 Å². The number of aromatic amines is 1. The lowest BCUT2D eigenvalue weighted by Crippen LogP contribution is -2.57. The highest BCUT2D eigenvalue weighted by Crippen LogP contribution is 2.51. The first-order valence-electron chi connectivity index (χ1n) is 10.6. The molecule has 0 unspecified atom stereocenters. The Bertz CT molecular complexity index is 1250. The lowest BCUT2D eigenvalue weighted by atomic mass is 9.76. The number of fused-ring (bicyclic) bond motifs is 2. The van der Waals surface area contributed by atoms with Gasteiger partial charge in [0.1, 0.15) is 11.3 Å². The van der Waals surface area contributed by atoms with Crippen LogP contribution < -0.4 is 5.32 Å². The number of phenols is 1. The van der Waals surface area contributed by atoms with Crippen LogP contribution in [0.25, 0.3) is 10.9 Å². The number of imide groups is 1. The molecule has 32 heavy (non-hydrogen) atoms. The maximum Gasteiger partial charge on any atom is 0.325 e. The summed E-state index contributed by atoms with van der Waals surface area (Å²) >= 11 is 0. The molecule has 2 fully saturated rings. The molecule has 8 nitrogen and oxygen atoms in total. The van der Waals surface area contributed by atoms with E-state index in [0.29, 0.717) is 5.56 Å². The lowest BCUT2D eigenvalue weighted by molar-refractivity contribution is -0.151. The number of aromatic hydroxyl groups is 1. The molecule has 4 atom stereocenters. The van der Waals surface area contributed by atoms with Crippen LogP contribution in [-0.2, 0) is 20.8 Å². The Kier molecular flexibility index (Phi) is 4.56. The number of carbonyl (C=O) groups is 3. The molecule has 3 aromatic rings. The van der Waals surface area contributed by atoms with Gasteiger partial charge in [0.2, 0.25) is 11.8 Å². The Morgan fingerprint density at radius 1 is 1.09 bits per heavy atom. The normalized spacial score (nSPS) is 27.3. The van der Waals surface area contributed by atoms with Gasteiger partial charge >= 0.3 is 5.97 Å². The highest BCUT2D eigenvalue weighted by molar-refractivity contribution is 6.09. The number of nitrogens with zero attached hydrogens (tertiary/aromatic N) is 1. The first kappa shape index (κ1) is 20.3. The number of likely N-dealkylation sites (tertiary alicyclic amines) is 1. The number of carbonyl (C=O) groups excluding carboxylic acids is 2. The Hall–Kier alpha value is -3.65. The predicted octanol–water partition coefficient (Wildman–Crippen LogP) is 2.21. The van der Waals surface area contributed by atoms with Crippen LogP contribution in [0.3, 0.4) is 0 Å². The highest BCUT2D eigenvalue weighted by atomic mass is 16.4. The molecule has 2 aromatic carbocycles. The molecule has 0 saturated carbocycles. The predicted molar refractivity (Wildman–Crippen MR) is 116 cm³/mol. The Morgan fingerprint density at radius 3 is 2.53 bits per heavy atom. The molecule has 2 aliphatic heterocycles. The maximum atomic E-state index is 13.3. The summed E-state index contributed by atoms with van der Waals surface area (Å²) in [5, 5.41) is 24.9. The molecular formula is C24H23N3O5. The van der Waals surface area contributed by atoms with Crippen molar-refractivity contribution in [1.82, 2.24) is 15.2 Å². The summed E-state index contributed by atoms with van der Waals surface area (Å²) in [4.78, 5) is 43.7. The van der Waals surface area contributed by atoms with Crippen LogP contribution in [0.1, 0.15) is 24.1 Å². The Balaban J connectivity index is 1.68. The van der Waals surface area contributed by atoms with E-state index >= 15 is 0 Å². The van der Waals surface area contributed by atoms with Crippen LogP contribution in [0, 0.1) is 11.8 Å². The van der Waals surface area contributed by atoms with Gasteiger partial charge in [-0.2, -0.15) is 0 Å². The third-order valence-corrected chi connectivity index (χ3v) is 6.86. The largest absolute Gasteiger partial charge is 0.508 e. The molecule has 3 heterocycles. The molecular weight excluding hydrogens is 410 g/mol. The minimum Gasteiger partial charge on any atom is -0.508 e. The molecule has 0 spiro atoms. The van der Waals surface area contributed by atoms with Crippen molar-refractivity contribution in [2.24, 2.45) is 11.8 Å². The number of benzene rings is 2. The fraction of sp³-hybridized carbons (Fsp3) is 0.292. The second-order valence-corrected chi connectivity index (χ2v) is 8.42. The standard InChI is InChI=1S/C24H23N3O5/c1-2-27-21(29)18-19(22(27)30)24(23(31)32,26-20(18)15-8-4-6-10-17(15)28)11-13-12-25-16-9-5-3-7-14(13)16/h3-10,12,18-20,25-26,28H,2,11H2,1H3,(H,31,32)/t18-,19-,20+,24+/m0/s1. The molecule has 0 aliphatic carbocycles. The van der Waals surface area contributed by atoms with Crippen molar-refractivity contribution in [3.63, 3.8) is 0 Å². The quantitative estimate of drug-likeness (QED) is 0.458. The van der Waals surface area contributed by atoms with E-state index in [1.807, 2.05) is 24.3 Å². The number of hydrogen-bond acceptors (Lipinski definition) is 5.